The lowest BCUT2D eigenvalue weighted by Crippen LogP contribution is -2.11. The van der Waals surface area contributed by atoms with Crippen molar-refractivity contribution in [1.82, 2.24) is 0 Å². The molecule has 0 aliphatic rings. The molecule has 41 heavy (non-hydrogen) atoms. The standard InChI is InChI=1S/C37H33N3O/c1-23-13-15-32(25(3)19-23)38-35-17-18-36(39-33-16-14-24(2)20-26(33)4)31-22-29-28(21-30(31)35)11-8-12-34(29)40-37(41)27-9-6-5-7-10-27/h5-22,38-39H,1-4H3,(H,40,41). The Bertz CT molecular complexity index is 1930. The molecule has 4 nitrogen and oxygen atoms in total. The van der Waals surface area contributed by atoms with E-state index in [4.69, 9.17) is 0 Å². The van der Waals surface area contributed by atoms with E-state index in [0.29, 0.717) is 5.56 Å². The Hall–Kier alpha value is -5.09. The molecule has 0 aliphatic carbocycles. The third-order valence-corrected chi connectivity index (χ3v) is 7.60. The Morgan fingerprint density at radius 2 is 1.05 bits per heavy atom. The molecule has 0 aliphatic heterocycles. The van der Waals surface area contributed by atoms with Crippen LogP contribution in [0.15, 0.2) is 109 Å². The van der Waals surface area contributed by atoms with Gasteiger partial charge in [0.25, 0.3) is 5.91 Å². The molecule has 0 saturated heterocycles. The Kier molecular flexibility index (Phi) is 6.90. The summed E-state index contributed by atoms with van der Waals surface area (Å²) < 4.78 is 0. The summed E-state index contributed by atoms with van der Waals surface area (Å²) in [4.78, 5) is 13.1. The van der Waals surface area contributed by atoms with E-state index < -0.39 is 0 Å². The smallest absolute Gasteiger partial charge is 0.255 e. The Labute approximate surface area is 241 Å². The summed E-state index contributed by atoms with van der Waals surface area (Å²) in [5.41, 5.74) is 10.4. The number of benzene rings is 6. The second-order valence-corrected chi connectivity index (χ2v) is 10.8. The number of carbonyl (C=O) groups excluding carboxylic acids is 1. The molecule has 6 rings (SSSR count). The van der Waals surface area contributed by atoms with Crippen LogP contribution in [-0.4, -0.2) is 5.91 Å². The van der Waals surface area contributed by atoms with E-state index in [9.17, 15) is 4.79 Å². The molecule has 3 N–H and O–H groups in total. The molecular weight excluding hydrogens is 502 g/mol. The van der Waals surface area contributed by atoms with Crippen molar-refractivity contribution in [2.75, 3.05) is 16.0 Å². The summed E-state index contributed by atoms with van der Waals surface area (Å²) in [6.07, 6.45) is 0. The van der Waals surface area contributed by atoms with E-state index >= 15 is 0 Å². The molecule has 0 atom stereocenters. The predicted molar refractivity (Wildman–Crippen MR) is 174 cm³/mol. The normalized spacial score (nSPS) is 11.0. The fourth-order valence-corrected chi connectivity index (χ4v) is 5.43. The number of hydrogen-bond acceptors (Lipinski definition) is 3. The lowest BCUT2D eigenvalue weighted by molar-refractivity contribution is 0.102. The summed E-state index contributed by atoms with van der Waals surface area (Å²) >= 11 is 0. The average Bonchev–Trinajstić information content (AvgIpc) is 2.96. The first-order valence-corrected chi connectivity index (χ1v) is 13.9. The van der Waals surface area contributed by atoms with Crippen LogP contribution in [-0.2, 0) is 0 Å². The van der Waals surface area contributed by atoms with Gasteiger partial charge >= 0.3 is 0 Å². The molecule has 4 heteroatoms. The summed E-state index contributed by atoms with van der Waals surface area (Å²) in [5.74, 6) is -0.128. The minimum absolute atomic E-state index is 0.128. The quantitative estimate of drug-likeness (QED) is 0.186. The maximum Gasteiger partial charge on any atom is 0.255 e. The number of hydrogen-bond donors (Lipinski definition) is 3. The first-order valence-electron chi connectivity index (χ1n) is 13.9. The van der Waals surface area contributed by atoms with Gasteiger partial charge in [0.1, 0.15) is 0 Å². The van der Waals surface area contributed by atoms with E-state index in [-0.39, 0.29) is 5.91 Å². The molecular formula is C37H33N3O. The molecule has 202 valence electrons. The van der Waals surface area contributed by atoms with E-state index in [1.807, 2.05) is 42.5 Å². The minimum atomic E-state index is -0.128. The monoisotopic (exact) mass is 535 g/mol. The van der Waals surface area contributed by atoms with Gasteiger partial charge < -0.3 is 16.0 Å². The fourth-order valence-electron chi connectivity index (χ4n) is 5.43. The second-order valence-electron chi connectivity index (χ2n) is 10.8. The van der Waals surface area contributed by atoms with Gasteiger partial charge in [0.2, 0.25) is 0 Å². The van der Waals surface area contributed by atoms with Crippen molar-refractivity contribution < 1.29 is 4.79 Å². The molecule has 6 aromatic rings. The van der Waals surface area contributed by atoms with Gasteiger partial charge in [-0.15, -0.1) is 0 Å². The second kappa shape index (κ2) is 10.8. The molecule has 0 aromatic heterocycles. The van der Waals surface area contributed by atoms with Crippen LogP contribution < -0.4 is 16.0 Å². The zero-order chi connectivity index (χ0) is 28.5. The number of nitrogens with one attached hydrogen (secondary N) is 3. The molecule has 0 bridgehead atoms. The lowest BCUT2D eigenvalue weighted by atomic mass is 9.98. The van der Waals surface area contributed by atoms with Crippen molar-refractivity contribution >= 4 is 55.9 Å². The van der Waals surface area contributed by atoms with E-state index in [1.165, 1.54) is 22.3 Å². The van der Waals surface area contributed by atoms with Gasteiger partial charge in [0.15, 0.2) is 0 Å². The van der Waals surface area contributed by atoms with Crippen molar-refractivity contribution in [2.24, 2.45) is 0 Å². The van der Waals surface area contributed by atoms with Gasteiger partial charge in [-0.25, -0.2) is 0 Å². The maximum atomic E-state index is 13.1. The van der Waals surface area contributed by atoms with Crippen molar-refractivity contribution in [3.05, 3.63) is 137 Å². The molecule has 0 saturated carbocycles. The number of aryl methyl sites for hydroxylation is 4. The summed E-state index contributed by atoms with van der Waals surface area (Å²) in [6, 6.07) is 36.9. The largest absolute Gasteiger partial charge is 0.355 e. The molecule has 0 radical (unpaired) electrons. The van der Waals surface area contributed by atoms with E-state index in [2.05, 4.69) is 110 Å². The number of carbonyl (C=O) groups is 1. The van der Waals surface area contributed by atoms with Gasteiger partial charge in [0, 0.05) is 50.2 Å². The van der Waals surface area contributed by atoms with Gasteiger partial charge in [-0.3, -0.25) is 4.79 Å². The Balaban J connectivity index is 1.50. The van der Waals surface area contributed by atoms with E-state index in [0.717, 1.165) is 50.0 Å². The van der Waals surface area contributed by atoms with Gasteiger partial charge in [-0.1, -0.05) is 65.7 Å². The van der Waals surface area contributed by atoms with Crippen LogP contribution in [0.3, 0.4) is 0 Å². The highest BCUT2D eigenvalue weighted by molar-refractivity contribution is 6.15. The van der Waals surface area contributed by atoms with E-state index in [1.54, 1.807) is 0 Å². The molecule has 0 unspecified atom stereocenters. The maximum absolute atomic E-state index is 13.1. The van der Waals surface area contributed by atoms with Crippen LogP contribution in [0.5, 0.6) is 0 Å². The molecule has 0 heterocycles. The van der Waals surface area contributed by atoms with Crippen molar-refractivity contribution in [1.29, 1.82) is 0 Å². The SMILES string of the molecule is Cc1ccc(Nc2ccc(Nc3ccc(C)cc3C)c3cc4c(NC(=O)c5ccccc5)cccc4cc23)c(C)c1. The van der Waals surface area contributed by atoms with Crippen molar-refractivity contribution in [3.63, 3.8) is 0 Å². The van der Waals surface area contributed by atoms with Crippen LogP contribution in [0, 0.1) is 27.7 Å². The number of rotatable bonds is 6. The Morgan fingerprint density at radius 1 is 0.488 bits per heavy atom. The van der Waals surface area contributed by atoms with Gasteiger partial charge in [-0.05, 0) is 98.8 Å². The van der Waals surface area contributed by atoms with Crippen LogP contribution in [0.1, 0.15) is 32.6 Å². The topological polar surface area (TPSA) is 53.2 Å². The fraction of sp³-hybridized carbons (Fsp3) is 0.108. The highest BCUT2D eigenvalue weighted by Crippen LogP contribution is 2.39. The molecule has 1 amide bonds. The van der Waals surface area contributed by atoms with Gasteiger partial charge in [-0.2, -0.15) is 0 Å². The third kappa shape index (κ3) is 5.37. The highest BCUT2D eigenvalue weighted by atomic mass is 16.1. The molecule has 0 spiro atoms. The number of amides is 1. The van der Waals surface area contributed by atoms with Crippen molar-refractivity contribution in [2.45, 2.75) is 27.7 Å². The Morgan fingerprint density at radius 3 is 1.63 bits per heavy atom. The van der Waals surface area contributed by atoms with Crippen LogP contribution in [0.2, 0.25) is 0 Å². The van der Waals surface area contributed by atoms with Crippen LogP contribution >= 0.6 is 0 Å². The molecule has 6 aromatic carbocycles. The lowest BCUT2D eigenvalue weighted by Gasteiger charge is -2.18. The minimum Gasteiger partial charge on any atom is -0.355 e. The first-order chi connectivity index (χ1) is 19.9. The van der Waals surface area contributed by atoms with Gasteiger partial charge in [0.05, 0.1) is 0 Å². The zero-order valence-corrected chi connectivity index (χ0v) is 23.8. The van der Waals surface area contributed by atoms with Crippen LogP contribution in [0.4, 0.5) is 28.4 Å². The number of fused-ring (bicyclic) bond motifs is 2. The average molecular weight is 536 g/mol. The first kappa shape index (κ1) is 26.1. The third-order valence-electron chi connectivity index (χ3n) is 7.60. The zero-order valence-electron chi connectivity index (χ0n) is 23.8. The summed E-state index contributed by atoms with van der Waals surface area (Å²) in [5, 5.41) is 14.7. The predicted octanol–water partition coefficient (Wildman–Crippen LogP) is 9.97. The van der Waals surface area contributed by atoms with Crippen LogP contribution in [0.25, 0.3) is 21.5 Å². The summed E-state index contributed by atoms with van der Waals surface area (Å²) in [7, 11) is 0. The summed E-state index contributed by atoms with van der Waals surface area (Å²) in [6.45, 7) is 8.47. The molecule has 0 fully saturated rings. The van der Waals surface area contributed by atoms with Crippen molar-refractivity contribution in [3.8, 4) is 0 Å². The number of anilines is 5. The highest BCUT2D eigenvalue weighted by Gasteiger charge is 2.14.